The van der Waals surface area contributed by atoms with Crippen molar-refractivity contribution in [2.75, 3.05) is 7.11 Å². The molecule has 0 aliphatic carbocycles. The number of ether oxygens (including phenoxy) is 1. The number of carbonyl (C=O) groups is 1. The summed E-state index contributed by atoms with van der Waals surface area (Å²) < 4.78 is 18.7. The molecule has 0 radical (unpaired) electrons. The van der Waals surface area contributed by atoms with E-state index in [-0.39, 0.29) is 5.56 Å². The Morgan fingerprint density at radius 3 is 2.65 bits per heavy atom. The molecule has 5 heteroatoms. The summed E-state index contributed by atoms with van der Waals surface area (Å²) in [6.07, 6.45) is -1.13. The topological polar surface area (TPSA) is 58.6 Å². The summed E-state index contributed by atoms with van der Waals surface area (Å²) in [6.45, 7) is 2.97. The summed E-state index contributed by atoms with van der Waals surface area (Å²) in [7, 11) is 1.43. The van der Waals surface area contributed by atoms with Gasteiger partial charge in [-0.05, 0) is 26.0 Å². The molecule has 0 aliphatic rings. The second kappa shape index (κ2) is 5.63. The third-order valence-electron chi connectivity index (χ3n) is 2.40. The minimum Gasteiger partial charge on any atom is -0.496 e. The van der Waals surface area contributed by atoms with Crippen LogP contribution in [0.1, 0.15) is 25.5 Å². The fraction of sp³-hybridized carbons (Fsp3) is 0.417. The molecule has 1 rings (SSSR count). The van der Waals surface area contributed by atoms with E-state index in [1.165, 1.54) is 26.2 Å². The molecule has 0 saturated heterocycles. The molecule has 94 valence electrons. The molecule has 0 aromatic heterocycles. The molecule has 2 atom stereocenters. The number of rotatable bonds is 4. The van der Waals surface area contributed by atoms with Gasteiger partial charge in [-0.1, -0.05) is 6.07 Å². The summed E-state index contributed by atoms with van der Waals surface area (Å²) in [5.74, 6) is -0.644. The predicted molar refractivity (Wildman–Crippen MR) is 61.2 cm³/mol. The molecule has 0 bridgehead atoms. The van der Waals surface area contributed by atoms with E-state index in [4.69, 9.17) is 9.84 Å². The number of hydrogen-bond acceptors (Lipinski definition) is 3. The number of methoxy groups -OCH3 is 1. The molecule has 0 saturated carbocycles. The van der Waals surface area contributed by atoms with Crippen LogP contribution in [-0.2, 0) is 4.79 Å². The van der Waals surface area contributed by atoms with Gasteiger partial charge in [-0.2, -0.15) is 0 Å². The zero-order valence-corrected chi connectivity index (χ0v) is 10.0. The third-order valence-corrected chi connectivity index (χ3v) is 2.40. The number of aliphatic hydroxyl groups is 1. The second-order valence-electron chi connectivity index (χ2n) is 3.76. The third kappa shape index (κ3) is 3.17. The molecular formula is C12H16FNO3. The van der Waals surface area contributed by atoms with Gasteiger partial charge < -0.3 is 15.2 Å². The normalized spacial score (nSPS) is 13.9. The zero-order chi connectivity index (χ0) is 13.0. The summed E-state index contributed by atoms with van der Waals surface area (Å²) in [5.41, 5.74) is 0.268. The predicted octanol–water partition coefficient (Wildman–Crippen LogP) is 1.39. The molecule has 0 aliphatic heterocycles. The lowest BCUT2D eigenvalue weighted by molar-refractivity contribution is -0.129. The van der Waals surface area contributed by atoms with Crippen molar-refractivity contribution in [2.45, 2.75) is 26.0 Å². The number of hydrogen-bond donors (Lipinski definition) is 2. The average Bonchev–Trinajstić information content (AvgIpc) is 2.27. The van der Waals surface area contributed by atoms with Crippen molar-refractivity contribution in [1.82, 2.24) is 5.32 Å². The first-order chi connectivity index (χ1) is 7.97. The molecule has 2 unspecified atom stereocenters. The zero-order valence-electron chi connectivity index (χ0n) is 10.0. The number of aliphatic hydroxyl groups excluding tert-OH is 1. The van der Waals surface area contributed by atoms with Gasteiger partial charge in [-0.15, -0.1) is 0 Å². The molecule has 2 N–H and O–H groups in total. The van der Waals surface area contributed by atoms with Crippen molar-refractivity contribution in [3.8, 4) is 5.75 Å². The van der Waals surface area contributed by atoms with Gasteiger partial charge in [0.25, 0.3) is 0 Å². The van der Waals surface area contributed by atoms with E-state index in [0.29, 0.717) is 5.75 Å². The van der Waals surface area contributed by atoms with Crippen LogP contribution in [0.2, 0.25) is 0 Å². The summed E-state index contributed by atoms with van der Waals surface area (Å²) in [4.78, 5) is 11.3. The Bertz CT molecular complexity index is 407. The highest BCUT2D eigenvalue weighted by atomic mass is 19.1. The minimum atomic E-state index is -1.13. The number of amides is 1. The van der Waals surface area contributed by atoms with Crippen molar-refractivity contribution >= 4 is 5.91 Å². The van der Waals surface area contributed by atoms with E-state index < -0.39 is 23.9 Å². The summed E-state index contributed by atoms with van der Waals surface area (Å²) >= 11 is 0. The molecule has 1 aromatic carbocycles. The van der Waals surface area contributed by atoms with E-state index >= 15 is 0 Å². The van der Waals surface area contributed by atoms with Gasteiger partial charge >= 0.3 is 0 Å². The van der Waals surface area contributed by atoms with Crippen molar-refractivity contribution in [3.63, 3.8) is 0 Å². The quantitative estimate of drug-likeness (QED) is 0.837. The summed E-state index contributed by atoms with van der Waals surface area (Å²) in [6, 6.07) is 3.86. The van der Waals surface area contributed by atoms with Crippen LogP contribution in [-0.4, -0.2) is 24.2 Å². The van der Waals surface area contributed by atoms with Crippen LogP contribution in [0.4, 0.5) is 4.39 Å². The maximum absolute atomic E-state index is 13.6. The van der Waals surface area contributed by atoms with Crippen molar-refractivity contribution in [2.24, 2.45) is 0 Å². The van der Waals surface area contributed by atoms with Gasteiger partial charge in [0.05, 0.1) is 18.7 Å². The van der Waals surface area contributed by atoms with E-state index in [2.05, 4.69) is 5.32 Å². The van der Waals surface area contributed by atoms with Gasteiger partial charge in [-0.3, -0.25) is 4.79 Å². The fourth-order valence-electron chi connectivity index (χ4n) is 1.52. The highest BCUT2D eigenvalue weighted by Gasteiger charge is 2.19. The van der Waals surface area contributed by atoms with Gasteiger partial charge in [0.1, 0.15) is 17.7 Å². The monoisotopic (exact) mass is 241 g/mol. The minimum absolute atomic E-state index is 0.268. The maximum atomic E-state index is 13.6. The lowest BCUT2D eigenvalue weighted by atomic mass is 10.1. The highest BCUT2D eigenvalue weighted by molar-refractivity contribution is 5.80. The van der Waals surface area contributed by atoms with Crippen molar-refractivity contribution < 1.29 is 19.0 Å². The Balaban J connectivity index is 2.95. The molecule has 0 fully saturated rings. The molecule has 1 aromatic rings. The fourth-order valence-corrected chi connectivity index (χ4v) is 1.52. The van der Waals surface area contributed by atoms with Crippen LogP contribution in [0.3, 0.4) is 0 Å². The molecule has 4 nitrogen and oxygen atoms in total. The lowest BCUT2D eigenvalue weighted by Gasteiger charge is -2.18. The number of benzene rings is 1. The van der Waals surface area contributed by atoms with Gasteiger partial charge in [-0.25, -0.2) is 4.39 Å². The first kappa shape index (κ1) is 13.4. The van der Waals surface area contributed by atoms with Crippen LogP contribution < -0.4 is 10.1 Å². The van der Waals surface area contributed by atoms with Gasteiger partial charge in [0.2, 0.25) is 5.91 Å². The van der Waals surface area contributed by atoms with E-state index in [1.54, 1.807) is 13.0 Å². The van der Waals surface area contributed by atoms with Crippen molar-refractivity contribution in [3.05, 3.63) is 29.6 Å². The number of nitrogens with one attached hydrogen (secondary N) is 1. The molecule has 1 amide bonds. The Kier molecular flexibility index (Phi) is 4.45. The Morgan fingerprint density at radius 1 is 1.47 bits per heavy atom. The summed E-state index contributed by atoms with van der Waals surface area (Å²) in [5, 5.41) is 11.6. The SMILES string of the molecule is COc1cccc(F)c1C(C)NC(=O)C(C)O. The number of carbonyl (C=O) groups excluding carboxylic acids is 1. The van der Waals surface area contributed by atoms with Crippen LogP contribution in [0.15, 0.2) is 18.2 Å². The maximum Gasteiger partial charge on any atom is 0.249 e. The molecule has 0 heterocycles. The van der Waals surface area contributed by atoms with Crippen LogP contribution >= 0.6 is 0 Å². The number of halogens is 1. The standard InChI is InChI=1S/C12H16FNO3/c1-7(14-12(16)8(2)15)11-9(13)5-4-6-10(11)17-3/h4-8,15H,1-3H3,(H,14,16). The average molecular weight is 241 g/mol. The van der Waals surface area contributed by atoms with E-state index in [9.17, 15) is 9.18 Å². The first-order valence-electron chi connectivity index (χ1n) is 5.28. The largest absolute Gasteiger partial charge is 0.496 e. The smallest absolute Gasteiger partial charge is 0.249 e. The highest BCUT2D eigenvalue weighted by Crippen LogP contribution is 2.27. The first-order valence-corrected chi connectivity index (χ1v) is 5.28. The molecular weight excluding hydrogens is 225 g/mol. The molecule has 0 spiro atoms. The Labute approximate surface area is 99.4 Å². The van der Waals surface area contributed by atoms with Crippen molar-refractivity contribution in [1.29, 1.82) is 0 Å². The van der Waals surface area contributed by atoms with Crippen LogP contribution in [0.25, 0.3) is 0 Å². The molecule has 17 heavy (non-hydrogen) atoms. The van der Waals surface area contributed by atoms with Crippen LogP contribution in [0.5, 0.6) is 5.75 Å². The van der Waals surface area contributed by atoms with Crippen LogP contribution in [0, 0.1) is 5.82 Å². The van der Waals surface area contributed by atoms with Gasteiger partial charge in [0, 0.05) is 0 Å². The Morgan fingerprint density at radius 2 is 2.12 bits per heavy atom. The van der Waals surface area contributed by atoms with Gasteiger partial charge in [0.15, 0.2) is 0 Å². The van der Waals surface area contributed by atoms with E-state index in [1.807, 2.05) is 0 Å². The lowest BCUT2D eigenvalue weighted by Crippen LogP contribution is -2.34. The Hall–Kier alpha value is -1.62. The van der Waals surface area contributed by atoms with E-state index in [0.717, 1.165) is 0 Å². The second-order valence-corrected chi connectivity index (χ2v) is 3.76.